The molecule has 8 nitrogen and oxygen atoms in total. The van der Waals surface area contributed by atoms with Gasteiger partial charge in [0.25, 0.3) is 0 Å². The second-order valence-corrected chi connectivity index (χ2v) is 4.97. The molecule has 0 bridgehead atoms. The molecule has 128 valence electrons. The van der Waals surface area contributed by atoms with Crippen molar-refractivity contribution < 1.29 is 19.1 Å². The number of benzene rings is 1. The Labute approximate surface area is 143 Å². The van der Waals surface area contributed by atoms with Gasteiger partial charge in [-0.15, -0.1) is 0 Å². The summed E-state index contributed by atoms with van der Waals surface area (Å²) in [7, 11) is 0. The summed E-state index contributed by atoms with van der Waals surface area (Å²) in [6.45, 7) is 3.73. The molecule has 0 fully saturated rings. The number of ether oxygens (including phenoxy) is 2. The van der Waals surface area contributed by atoms with Crippen molar-refractivity contribution in [3.8, 4) is 5.69 Å². The maximum Gasteiger partial charge on any atom is 0.376 e. The van der Waals surface area contributed by atoms with Gasteiger partial charge in [-0.1, -0.05) is 18.2 Å². The summed E-state index contributed by atoms with van der Waals surface area (Å²) >= 11 is 0. The number of carbonyl (C=O) groups is 2. The summed E-state index contributed by atoms with van der Waals surface area (Å²) in [5.74, 6) is -1.57. The van der Waals surface area contributed by atoms with Crippen LogP contribution >= 0.6 is 0 Å². The quantitative estimate of drug-likeness (QED) is 0.657. The lowest BCUT2D eigenvalue weighted by Gasteiger charge is -2.07. The topological polar surface area (TPSA) is 96.2 Å². The molecule has 0 radical (unpaired) electrons. The number of nitrogens with zero attached hydrogens (tertiary/aromatic N) is 4. The van der Waals surface area contributed by atoms with Gasteiger partial charge in [0.05, 0.1) is 30.5 Å². The third kappa shape index (κ3) is 3.18. The number of para-hydroxylation sites is 1. The van der Waals surface area contributed by atoms with E-state index in [1.54, 1.807) is 13.8 Å². The fourth-order valence-electron chi connectivity index (χ4n) is 2.31. The lowest BCUT2D eigenvalue weighted by Crippen LogP contribution is -2.16. The highest BCUT2D eigenvalue weighted by atomic mass is 16.5. The predicted molar refractivity (Wildman–Crippen MR) is 88.6 cm³/mol. The number of aromatic nitrogens is 4. The highest BCUT2D eigenvalue weighted by Crippen LogP contribution is 2.20. The van der Waals surface area contributed by atoms with Crippen LogP contribution in [0.25, 0.3) is 16.7 Å². The Kier molecular flexibility index (Phi) is 4.69. The van der Waals surface area contributed by atoms with Crippen molar-refractivity contribution in [1.29, 1.82) is 0 Å². The van der Waals surface area contributed by atoms with E-state index >= 15 is 0 Å². The molecule has 0 N–H and O–H groups in total. The molecule has 3 rings (SSSR count). The van der Waals surface area contributed by atoms with Gasteiger partial charge >= 0.3 is 11.9 Å². The third-order valence-corrected chi connectivity index (χ3v) is 3.36. The van der Waals surface area contributed by atoms with Crippen LogP contribution in [-0.2, 0) is 9.47 Å². The molecule has 2 heterocycles. The molecule has 0 saturated carbocycles. The number of carbonyl (C=O) groups excluding carboxylic acids is 2. The van der Waals surface area contributed by atoms with Crippen LogP contribution in [0.5, 0.6) is 0 Å². The monoisotopic (exact) mass is 340 g/mol. The molecule has 0 atom stereocenters. The normalized spacial score (nSPS) is 10.6. The van der Waals surface area contributed by atoms with Crippen molar-refractivity contribution in [3.05, 3.63) is 48.0 Å². The Morgan fingerprint density at radius 2 is 1.68 bits per heavy atom. The van der Waals surface area contributed by atoms with Crippen LogP contribution in [-0.4, -0.2) is 44.9 Å². The van der Waals surface area contributed by atoms with Crippen molar-refractivity contribution in [2.75, 3.05) is 13.2 Å². The van der Waals surface area contributed by atoms with E-state index in [1.165, 1.54) is 10.9 Å². The molecule has 0 unspecified atom stereocenters. The Hall–Kier alpha value is -3.29. The highest BCUT2D eigenvalue weighted by molar-refractivity contribution is 6.02. The number of rotatable bonds is 5. The minimum Gasteiger partial charge on any atom is -0.461 e. The molecule has 8 heteroatoms. The summed E-state index contributed by atoms with van der Waals surface area (Å²) in [5, 5.41) is 4.67. The van der Waals surface area contributed by atoms with Crippen molar-refractivity contribution in [2.24, 2.45) is 0 Å². The molecule has 3 aromatic rings. The lowest BCUT2D eigenvalue weighted by atomic mass is 10.2. The van der Waals surface area contributed by atoms with Crippen molar-refractivity contribution in [1.82, 2.24) is 19.7 Å². The summed E-state index contributed by atoms with van der Waals surface area (Å²) < 4.78 is 11.5. The zero-order valence-corrected chi connectivity index (χ0v) is 13.8. The van der Waals surface area contributed by atoms with Crippen molar-refractivity contribution in [2.45, 2.75) is 13.8 Å². The summed E-state index contributed by atoms with van der Waals surface area (Å²) in [6, 6.07) is 9.24. The van der Waals surface area contributed by atoms with Crippen LogP contribution in [0.3, 0.4) is 0 Å². The minimum absolute atomic E-state index is 0.0166. The molecule has 2 aromatic heterocycles. The second kappa shape index (κ2) is 7.08. The SMILES string of the molecule is CCOC(=O)c1nc(C(=O)OCC)c2cnn(-c3ccccc3)c2n1. The van der Waals surface area contributed by atoms with Crippen molar-refractivity contribution in [3.63, 3.8) is 0 Å². The van der Waals surface area contributed by atoms with Gasteiger partial charge < -0.3 is 9.47 Å². The predicted octanol–water partition coefficient (Wildman–Crippen LogP) is 2.17. The first-order valence-corrected chi connectivity index (χ1v) is 7.81. The molecular weight excluding hydrogens is 324 g/mol. The third-order valence-electron chi connectivity index (χ3n) is 3.36. The van der Waals surface area contributed by atoms with Crippen LogP contribution in [0.1, 0.15) is 35.0 Å². The number of hydrogen-bond donors (Lipinski definition) is 0. The van der Waals surface area contributed by atoms with Gasteiger partial charge in [-0.2, -0.15) is 5.10 Å². The summed E-state index contributed by atoms with van der Waals surface area (Å²) in [5.41, 5.74) is 1.05. The maximum absolute atomic E-state index is 12.2. The second-order valence-electron chi connectivity index (χ2n) is 4.97. The van der Waals surface area contributed by atoms with Gasteiger partial charge in [-0.25, -0.2) is 24.2 Å². The number of hydrogen-bond acceptors (Lipinski definition) is 7. The van der Waals surface area contributed by atoms with Crippen LogP contribution in [0.4, 0.5) is 0 Å². The van der Waals surface area contributed by atoms with E-state index < -0.39 is 11.9 Å². The molecule has 0 aliphatic heterocycles. The van der Waals surface area contributed by atoms with E-state index in [0.717, 1.165) is 5.69 Å². The lowest BCUT2D eigenvalue weighted by molar-refractivity contribution is 0.0507. The first kappa shape index (κ1) is 16.6. The number of fused-ring (bicyclic) bond motifs is 1. The van der Waals surface area contributed by atoms with Crippen LogP contribution in [0.15, 0.2) is 36.5 Å². The molecule has 25 heavy (non-hydrogen) atoms. The van der Waals surface area contributed by atoms with Crippen LogP contribution in [0.2, 0.25) is 0 Å². The fraction of sp³-hybridized carbons (Fsp3) is 0.235. The molecule has 0 aliphatic carbocycles. The minimum atomic E-state index is -0.712. The molecule has 1 aromatic carbocycles. The summed E-state index contributed by atoms with van der Waals surface area (Å²) in [6.07, 6.45) is 1.48. The zero-order valence-electron chi connectivity index (χ0n) is 13.8. The van der Waals surface area contributed by atoms with Gasteiger partial charge in [0.1, 0.15) is 0 Å². The summed E-state index contributed by atoms with van der Waals surface area (Å²) in [4.78, 5) is 32.6. The van der Waals surface area contributed by atoms with Crippen molar-refractivity contribution >= 4 is 23.0 Å². The maximum atomic E-state index is 12.2. The molecular formula is C17H16N4O4. The van der Waals surface area contributed by atoms with Gasteiger partial charge in [-0.05, 0) is 26.0 Å². The Morgan fingerprint density at radius 1 is 1.00 bits per heavy atom. The zero-order chi connectivity index (χ0) is 17.8. The Bertz CT molecular complexity index is 921. The smallest absolute Gasteiger partial charge is 0.376 e. The van der Waals surface area contributed by atoms with E-state index in [4.69, 9.17) is 9.47 Å². The highest BCUT2D eigenvalue weighted by Gasteiger charge is 2.23. The largest absolute Gasteiger partial charge is 0.461 e. The van der Waals surface area contributed by atoms with E-state index in [-0.39, 0.29) is 24.7 Å². The van der Waals surface area contributed by atoms with E-state index in [9.17, 15) is 9.59 Å². The molecule has 0 aliphatic rings. The molecule has 0 spiro atoms. The van der Waals surface area contributed by atoms with E-state index in [1.807, 2.05) is 30.3 Å². The molecule has 0 amide bonds. The average molecular weight is 340 g/mol. The Balaban J connectivity index is 2.22. The van der Waals surface area contributed by atoms with Gasteiger partial charge in [0, 0.05) is 0 Å². The van der Waals surface area contributed by atoms with Gasteiger partial charge in [0.2, 0.25) is 5.82 Å². The van der Waals surface area contributed by atoms with Gasteiger partial charge in [-0.3, -0.25) is 0 Å². The standard InChI is InChI=1S/C17H16N4O4/c1-3-24-16(22)13-12-10-18-21(11-8-6-5-7-9-11)15(12)20-14(19-13)17(23)25-4-2/h5-10H,3-4H2,1-2H3. The average Bonchev–Trinajstić information content (AvgIpc) is 3.06. The van der Waals surface area contributed by atoms with E-state index in [0.29, 0.717) is 11.0 Å². The van der Waals surface area contributed by atoms with Crippen LogP contribution < -0.4 is 0 Å². The Morgan fingerprint density at radius 3 is 2.36 bits per heavy atom. The van der Waals surface area contributed by atoms with E-state index in [2.05, 4.69) is 15.1 Å². The molecule has 0 saturated heterocycles. The fourth-order valence-corrected chi connectivity index (χ4v) is 2.31. The number of esters is 2. The van der Waals surface area contributed by atoms with Gasteiger partial charge in [0.15, 0.2) is 11.3 Å². The first-order valence-electron chi connectivity index (χ1n) is 7.81. The first-order chi connectivity index (χ1) is 12.2. The van der Waals surface area contributed by atoms with Crippen LogP contribution in [0, 0.1) is 0 Å².